The van der Waals surface area contributed by atoms with Crippen molar-refractivity contribution < 1.29 is 24.1 Å². The smallest absolute Gasteiger partial charge is 0.309 e. The number of rotatable bonds is 5. The molecule has 2 heterocycles. The zero-order chi connectivity index (χ0) is 23.2. The Bertz CT molecular complexity index is 992. The van der Waals surface area contributed by atoms with Gasteiger partial charge in [-0.25, -0.2) is 0 Å². The van der Waals surface area contributed by atoms with E-state index in [0.717, 1.165) is 22.6 Å². The lowest BCUT2D eigenvalue weighted by Crippen LogP contribution is -2.53. The van der Waals surface area contributed by atoms with Gasteiger partial charge in [0.15, 0.2) is 0 Å². The van der Waals surface area contributed by atoms with Crippen molar-refractivity contribution in [1.82, 2.24) is 0 Å². The highest BCUT2D eigenvalue weighted by atomic mass is 16.6. The maximum Gasteiger partial charge on any atom is 0.309 e. The number of carboxylic acids is 1. The number of aliphatic carboxylic acids is 1. The molecule has 0 unspecified atom stereocenters. The number of carbonyl (C=O) groups is 1. The Labute approximate surface area is 190 Å². The Hall–Kier alpha value is -2.53. The first-order valence-electron chi connectivity index (χ1n) is 11.5. The average molecular weight is 439 g/mol. The molecule has 1 fully saturated rings. The SMILES string of the molecule is Cc1ccc2c(c1C)OC(C)(C)[C@H]1C[C@H](C(=O)O)[C@H](COc3ccc(C(C)C)cc3)O[C@H]21. The summed E-state index contributed by atoms with van der Waals surface area (Å²) in [4.78, 5) is 12.1. The molecule has 0 amide bonds. The van der Waals surface area contributed by atoms with Crippen LogP contribution in [0.25, 0.3) is 0 Å². The van der Waals surface area contributed by atoms with E-state index in [1.54, 1.807) is 0 Å². The van der Waals surface area contributed by atoms with Crippen molar-refractivity contribution in [2.45, 2.75) is 71.7 Å². The van der Waals surface area contributed by atoms with Crippen molar-refractivity contribution in [3.8, 4) is 11.5 Å². The van der Waals surface area contributed by atoms with E-state index >= 15 is 0 Å². The summed E-state index contributed by atoms with van der Waals surface area (Å²) < 4.78 is 18.9. The molecule has 5 nitrogen and oxygen atoms in total. The maximum atomic E-state index is 12.1. The Morgan fingerprint density at radius 1 is 1.16 bits per heavy atom. The lowest BCUT2D eigenvalue weighted by molar-refractivity contribution is -0.192. The largest absolute Gasteiger partial charge is 0.491 e. The second-order valence-corrected chi connectivity index (χ2v) is 10.0. The van der Waals surface area contributed by atoms with Crippen LogP contribution in [-0.2, 0) is 9.53 Å². The van der Waals surface area contributed by atoms with Crippen molar-refractivity contribution in [3.63, 3.8) is 0 Å². The quantitative estimate of drug-likeness (QED) is 0.637. The summed E-state index contributed by atoms with van der Waals surface area (Å²) in [7, 11) is 0. The van der Waals surface area contributed by atoms with Gasteiger partial charge in [-0.1, -0.05) is 38.1 Å². The second-order valence-electron chi connectivity index (χ2n) is 10.0. The van der Waals surface area contributed by atoms with Crippen molar-refractivity contribution in [3.05, 3.63) is 58.7 Å². The van der Waals surface area contributed by atoms with Gasteiger partial charge in [0.25, 0.3) is 0 Å². The molecule has 0 bridgehead atoms. The summed E-state index contributed by atoms with van der Waals surface area (Å²) in [5.41, 5.74) is 4.00. The third-order valence-electron chi connectivity index (χ3n) is 7.19. The van der Waals surface area contributed by atoms with E-state index in [-0.39, 0.29) is 18.6 Å². The lowest BCUT2D eigenvalue weighted by atomic mass is 9.71. The van der Waals surface area contributed by atoms with E-state index in [0.29, 0.717) is 12.3 Å². The molecule has 172 valence electrons. The molecule has 1 N–H and O–H groups in total. The Morgan fingerprint density at radius 2 is 1.84 bits per heavy atom. The topological polar surface area (TPSA) is 65.0 Å². The number of benzene rings is 2. The molecule has 2 aromatic rings. The van der Waals surface area contributed by atoms with Crippen LogP contribution >= 0.6 is 0 Å². The number of fused-ring (bicyclic) bond motifs is 3. The minimum atomic E-state index is -0.853. The standard InChI is InChI=1S/C27H34O5/c1-15(2)18-8-10-19(11-9-18)30-14-23-21(26(28)29)13-22-25(31-23)20-12-7-16(3)17(4)24(20)32-27(22,5)6/h7-12,15,21-23,25H,13-14H2,1-6H3,(H,28,29)/t21-,22-,23-,25+/m0/s1. The van der Waals surface area contributed by atoms with Crippen LogP contribution in [0.4, 0.5) is 0 Å². The monoisotopic (exact) mass is 438 g/mol. The highest BCUT2D eigenvalue weighted by molar-refractivity contribution is 5.71. The van der Waals surface area contributed by atoms with Crippen LogP contribution in [0, 0.1) is 25.7 Å². The van der Waals surface area contributed by atoms with Crippen LogP contribution in [-0.4, -0.2) is 29.4 Å². The molecule has 5 heteroatoms. The van der Waals surface area contributed by atoms with E-state index in [4.69, 9.17) is 14.2 Å². The number of hydrogen-bond donors (Lipinski definition) is 1. The first-order chi connectivity index (χ1) is 15.1. The van der Waals surface area contributed by atoms with Crippen LogP contribution < -0.4 is 9.47 Å². The molecule has 2 aromatic carbocycles. The number of hydrogen-bond acceptors (Lipinski definition) is 4. The van der Waals surface area contributed by atoms with Crippen LogP contribution in [0.5, 0.6) is 11.5 Å². The molecule has 0 saturated carbocycles. The fraction of sp³-hybridized carbons (Fsp3) is 0.519. The van der Waals surface area contributed by atoms with Crippen molar-refractivity contribution >= 4 is 5.97 Å². The first kappa shape index (κ1) is 22.7. The van der Waals surface area contributed by atoms with Gasteiger partial charge in [0.2, 0.25) is 0 Å². The Balaban J connectivity index is 1.60. The summed E-state index contributed by atoms with van der Waals surface area (Å²) in [6.07, 6.45) is -0.276. The maximum absolute atomic E-state index is 12.1. The molecule has 2 aliphatic rings. The molecule has 0 radical (unpaired) electrons. The fourth-order valence-corrected chi connectivity index (χ4v) is 4.92. The van der Waals surface area contributed by atoms with Gasteiger partial charge in [0.05, 0.1) is 12.0 Å². The van der Waals surface area contributed by atoms with Gasteiger partial charge in [0, 0.05) is 11.5 Å². The van der Waals surface area contributed by atoms with Gasteiger partial charge in [-0.3, -0.25) is 4.79 Å². The van der Waals surface area contributed by atoms with Gasteiger partial charge in [-0.05, 0) is 68.9 Å². The van der Waals surface area contributed by atoms with E-state index in [2.05, 4.69) is 52.0 Å². The summed E-state index contributed by atoms with van der Waals surface area (Å²) in [5.74, 6) is 0.483. The molecule has 4 atom stereocenters. The van der Waals surface area contributed by atoms with E-state index in [1.807, 2.05) is 26.0 Å². The average Bonchev–Trinajstić information content (AvgIpc) is 2.74. The normalized spacial score (nSPS) is 26.1. The Kier molecular flexibility index (Phi) is 5.97. The fourth-order valence-electron chi connectivity index (χ4n) is 4.92. The van der Waals surface area contributed by atoms with Crippen molar-refractivity contribution in [2.75, 3.05) is 6.61 Å². The van der Waals surface area contributed by atoms with Crippen molar-refractivity contribution in [1.29, 1.82) is 0 Å². The van der Waals surface area contributed by atoms with Crippen LogP contribution in [0.3, 0.4) is 0 Å². The van der Waals surface area contributed by atoms with Crippen LogP contribution in [0.15, 0.2) is 36.4 Å². The van der Waals surface area contributed by atoms with Gasteiger partial charge in [-0.2, -0.15) is 0 Å². The number of carboxylic acid groups (broad SMARTS) is 1. The third kappa shape index (κ3) is 4.11. The summed E-state index contributed by atoms with van der Waals surface area (Å²) >= 11 is 0. The van der Waals surface area contributed by atoms with E-state index < -0.39 is 23.6 Å². The molecule has 0 aliphatic carbocycles. The highest BCUT2D eigenvalue weighted by Gasteiger charge is 2.52. The molecular formula is C27H34O5. The molecule has 1 saturated heterocycles. The third-order valence-corrected chi connectivity index (χ3v) is 7.19. The molecular weight excluding hydrogens is 404 g/mol. The predicted octanol–water partition coefficient (Wildman–Crippen LogP) is 5.82. The van der Waals surface area contributed by atoms with Gasteiger partial charge in [0.1, 0.15) is 29.8 Å². The molecule has 32 heavy (non-hydrogen) atoms. The second kappa shape index (κ2) is 8.43. The predicted molar refractivity (Wildman–Crippen MR) is 123 cm³/mol. The molecule has 2 aliphatic heterocycles. The summed E-state index contributed by atoms with van der Waals surface area (Å²) in [6, 6.07) is 12.1. The van der Waals surface area contributed by atoms with Crippen molar-refractivity contribution in [2.24, 2.45) is 11.8 Å². The number of aryl methyl sites for hydroxylation is 1. The van der Waals surface area contributed by atoms with Crippen LogP contribution in [0.2, 0.25) is 0 Å². The minimum Gasteiger partial charge on any atom is -0.491 e. The van der Waals surface area contributed by atoms with Gasteiger partial charge < -0.3 is 19.3 Å². The number of ether oxygens (including phenoxy) is 3. The Morgan fingerprint density at radius 3 is 2.47 bits per heavy atom. The van der Waals surface area contributed by atoms with E-state index in [9.17, 15) is 9.90 Å². The van der Waals surface area contributed by atoms with Gasteiger partial charge in [-0.15, -0.1) is 0 Å². The van der Waals surface area contributed by atoms with E-state index in [1.165, 1.54) is 11.1 Å². The molecule has 0 aromatic heterocycles. The highest BCUT2D eigenvalue weighted by Crippen LogP contribution is 2.53. The summed E-state index contributed by atoms with van der Waals surface area (Å²) in [5, 5.41) is 9.96. The minimum absolute atomic E-state index is 0.0558. The molecule has 0 spiro atoms. The van der Waals surface area contributed by atoms with Crippen LogP contribution in [0.1, 0.15) is 68.4 Å². The molecule has 4 rings (SSSR count). The first-order valence-corrected chi connectivity index (χ1v) is 11.5. The summed E-state index contributed by atoms with van der Waals surface area (Å²) in [6.45, 7) is 12.7. The van der Waals surface area contributed by atoms with Gasteiger partial charge >= 0.3 is 5.97 Å². The zero-order valence-corrected chi connectivity index (χ0v) is 19.8. The lowest BCUT2D eigenvalue weighted by Gasteiger charge is -2.50. The zero-order valence-electron chi connectivity index (χ0n) is 19.8.